The van der Waals surface area contributed by atoms with E-state index in [-0.39, 0.29) is 29.5 Å². The zero-order chi connectivity index (χ0) is 22.3. The molecule has 30 heavy (non-hydrogen) atoms. The second-order valence-corrected chi connectivity index (χ2v) is 9.28. The number of hydrogen-bond donors (Lipinski definition) is 1. The third-order valence-electron chi connectivity index (χ3n) is 5.65. The number of carbonyl (C=O) groups is 2. The summed E-state index contributed by atoms with van der Waals surface area (Å²) in [6, 6.07) is 5.30. The van der Waals surface area contributed by atoms with Crippen molar-refractivity contribution in [2.75, 3.05) is 6.54 Å². The molecule has 2 fully saturated rings. The van der Waals surface area contributed by atoms with Crippen molar-refractivity contribution in [2.24, 2.45) is 5.92 Å². The number of hydrogen-bond acceptors (Lipinski definition) is 3. The average molecular weight is 426 g/mol. The van der Waals surface area contributed by atoms with E-state index in [4.69, 9.17) is 4.74 Å². The Morgan fingerprint density at radius 3 is 2.40 bits per heavy atom. The van der Waals surface area contributed by atoms with Crippen LogP contribution >= 0.6 is 0 Å². The molecule has 0 unspecified atom stereocenters. The highest BCUT2D eigenvalue weighted by atomic mass is 19.4. The van der Waals surface area contributed by atoms with Gasteiger partial charge in [-0.05, 0) is 64.5 Å². The average Bonchev–Trinajstić information content (AvgIpc) is 3.39. The van der Waals surface area contributed by atoms with Crippen molar-refractivity contribution in [3.05, 3.63) is 35.4 Å². The molecular formula is C22H29F3N2O3. The maximum absolute atomic E-state index is 13.3. The lowest BCUT2D eigenvalue weighted by atomic mass is 9.97. The molecule has 1 aliphatic carbocycles. The van der Waals surface area contributed by atoms with Gasteiger partial charge >= 0.3 is 12.3 Å². The largest absolute Gasteiger partial charge is 0.444 e. The van der Waals surface area contributed by atoms with E-state index < -0.39 is 29.4 Å². The van der Waals surface area contributed by atoms with Gasteiger partial charge in [0.05, 0.1) is 5.56 Å². The van der Waals surface area contributed by atoms with Gasteiger partial charge in [-0.25, -0.2) is 4.79 Å². The first-order valence-electron chi connectivity index (χ1n) is 10.3. The van der Waals surface area contributed by atoms with Gasteiger partial charge in [-0.2, -0.15) is 13.2 Å². The minimum atomic E-state index is -4.42. The third kappa shape index (κ3) is 5.26. The number of nitrogens with zero attached hydrogens (tertiary/aromatic N) is 1. The molecule has 1 heterocycles. The van der Waals surface area contributed by atoms with Crippen molar-refractivity contribution in [1.29, 1.82) is 0 Å². The number of benzene rings is 1. The van der Waals surface area contributed by atoms with Crippen molar-refractivity contribution in [3.8, 4) is 0 Å². The summed E-state index contributed by atoms with van der Waals surface area (Å²) in [5.74, 6) is -0.897. The Hall–Kier alpha value is -2.25. The summed E-state index contributed by atoms with van der Waals surface area (Å²) in [5, 5.41) is 2.84. The van der Waals surface area contributed by atoms with Crippen LogP contribution in [0.1, 0.15) is 64.0 Å². The van der Waals surface area contributed by atoms with E-state index in [1.165, 1.54) is 12.1 Å². The quantitative estimate of drug-likeness (QED) is 0.761. The molecule has 1 aromatic rings. The number of alkyl halides is 3. The maximum atomic E-state index is 13.3. The zero-order valence-corrected chi connectivity index (χ0v) is 17.8. The number of piperidine rings is 1. The highest BCUT2D eigenvalue weighted by molar-refractivity contribution is 5.83. The first kappa shape index (κ1) is 22.4. The molecule has 8 heteroatoms. The fraction of sp³-hybridized carbons (Fsp3) is 0.636. The molecule has 2 amide bonds. The van der Waals surface area contributed by atoms with Crippen molar-refractivity contribution < 1.29 is 27.5 Å². The number of rotatable bonds is 3. The molecule has 1 saturated heterocycles. The highest BCUT2D eigenvalue weighted by Gasteiger charge is 2.50. The van der Waals surface area contributed by atoms with Crippen LogP contribution in [-0.4, -0.2) is 41.1 Å². The Labute approximate surface area is 175 Å². The molecule has 0 aromatic heterocycles. The van der Waals surface area contributed by atoms with Crippen LogP contribution in [0.2, 0.25) is 0 Å². The monoisotopic (exact) mass is 426 g/mol. The molecule has 0 bridgehead atoms. The smallest absolute Gasteiger partial charge is 0.416 e. The number of halogens is 3. The summed E-state index contributed by atoms with van der Waals surface area (Å²) >= 11 is 0. The lowest BCUT2D eigenvalue weighted by molar-refractivity contribution is -0.139. The summed E-state index contributed by atoms with van der Waals surface area (Å²) in [4.78, 5) is 26.7. The molecule has 1 aliphatic heterocycles. The lowest BCUT2D eigenvalue weighted by Crippen LogP contribution is -2.52. The van der Waals surface area contributed by atoms with Gasteiger partial charge in [0.1, 0.15) is 5.60 Å². The third-order valence-corrected chi connectivity index (χ3v) is 5.65. The van der Waals surface area contributed by atoms with Crippen molar-refractivity contribution in [3.63, 3.8) is 0 Å². The van der Waals surface area contributed by atoms with Crippen LogP contribution in [0.25, 0.3) is 0 Å². The van der Waals surface area contributed by atoms with Gasteiger partial charge in [0.2, 0.25) is 5.91 Å². The highest BCUT2D eigenvalue weighted by Crippen LogP contribution is 2.52. The molecule has 1 N–H and O–H groups in total. The fourth-order valence-corrected chi connectivity index (χ4v) is 4.21. The van der Waals surface area contributed by atoms with Crippen LogP contribution in [0.4, 0.5) is 18.0 Å². The van der Waals surface area contributed by atoms with Gasteiger partial charge in [0.15, 0.2) is 0 Å². The van der Waals surface area contributed by atoms with E-state index >= 15 is 0 Å². The molecule has 0 radical (unpaired) electrons. The Morgan fingerprint density at radius 1 is 1.13 bits per heavy atom. The summed E-state index contributed by atoms with van der Waals surface area (Å²) < 4.78 is 45.2. The fourth-order valence-electron chi connectivity index (χ4n) is 4.21. The maximum Gasteiger partial charge on any atom is 0.416 e. The van der Waals surface area contributed by atoms with Crippen LogP contribution in [0.15, 0.2) is 24.3 Å². The van der Waals surface area contributed by atoms with Gasteiger partial charge in [-0.3, -0.25) is 4.79 Å². The number of nitrogens with one attached hydrogen (secondary N) is 1. The molecule has 1 aromatic carbocycles. The van der Waals surface area contributed by atoms with E-state index in [2.05, 4.69) is 5.32 Å². The lowest BCUT2D eigenvalue weighted by Gasteiger charge is -2.38. The van der Waals surface area contributed by atoms with Crippen LogP contribution in [-0.2, 0) is 15.7 Å². The topological polar surface area (TPSA) is 58.6 Å². The van der Waals surface area contributed by atoms with Crippen LogP contribution in [0, 0.1) is 5.92 Å². The Kier molecular flexibility index (Phi) is 6.07. The van der Waals surface area contributed by atoms with Gasteiger partial charge in [0.25, 0.3) is 0 Å². The predicted octanol–water partition coefficient (Wildman–Crippen LogP) is 4.71. The van der Waals surface area contributed by atoms with E-state index in [0.29, 0.717) is 25.8 Å². The minimum absolute atomic E-state index is 0.0970. The van der Waals surface area contributed by atoms with E-state index in [1.807, 2.05) is 6.92 Å². The van der Waals surface area contributed by atoms with Crippen molar-refractivity contribution >= 4 is 12.0 Å². The van der Waals surface area contributed by atoms with Crippen LogP contribution in [0.3, 0.4) is 0 Å². The molecular weight excluding hydrogens is 397 g/mol. The van der Waals surface area contributed by atoms with Crippen molar-refractivity contribution in [1.82, 2.24) is 10.2 Å². The zero-order valence-electron chi connectivity index (χ0n) is 17.8. The van der Waals surface area contributed by atoms with E-state index in [1.54, 1.807) is 31.7 Å². The van der Waals surface area contributed by atoms with Crippen LogP contribution < -0.4 is 5.32 Å². The van der Waals surface area contributed by atoms with Gasteiger partial charge < -0.3 is 15.0 Å². The number of alkyl carbamates (subject to hydrolysis) is 1. The first-order chi connectivity index (χ1) is 13.9. The van der Waals surface area contributed by atoms with Crippen molar-refractivity contribution in [2.45, 2.75) is 76.7 Å². The summed E-state index contributed by atoms with van der Waals surface area (Å²) in [6.45, 7) is 7.74. The summed E-state index contributed by atoms with van der Waals surface area (Å²) in [5.41, 5.74) is -1.03. The van der Waals surface area contributed by atoms with Gasteiger partial charge in [0, 0.05) is 24.5 Å². The van der Waals surface area contributed by atoms with Gasteiger partial charge in [-0.15, -0.1) is 0 Å². The predicted molar refractivity (Wildman–Crippen MR) is 106 cm³/mol. The van der Waals surface area contributed by atoms with Crippen LogP contribution in [0.5, 0.6) is 0 Å². The summed E-state index contributed by atoms with van der Waals surface area (Å²) in [6.07, 6.45) is -3.29. The normalized spacial score (nSPS) is 26.8. The molecule has 2 aliphatic rings. The standard InChI is InChI=1S/C22H29F3N2O3/c1-13-11-14(26-20(29)30-21(2,3)4)9-10-27(13)19(28)17-12-16(17)15-7-5-6-8-18(15)22(23,24)25/h5-8,13-14,16-17H,9-12H2,1-4H3,(H,26,29)/t13-,14-,16+,17-/m1/s1. The molecule has 5 nitrogen and oxygen atoms in total. The molecule has 0 spiro atoms. The number of carbonyl (C=O) groups excluding carboxylic acids is 2. The Balaban J connectivity index is 1.58. The Morgan fingerprint density at radius 2 is 1.80 bits per heavy atom. The number of ether oxygens (including phenoxy) is 1. The van der Waals surface area contributed by atoms with E-state index in [9.17, 15) is 22.8 Å². The molecule has 166 valence electrons. The minimum Gasteiger partial charge on any atom is -0.444 e. The summed E-state index contributed by atoms with van der Waals surface area (Å²) in [7, 11) is 0. The SMILES string of the molecule is C[C@@H]1C[C@H](NC(=O)OC(C)(C)C)CCN1C(=O)[C@@H]1C[C@H]1c1ccccc1C(F)(F)F. The molecule has 3 rings (SSSR count). The second kappa shape index (κ2) is 8.12. The first-order valence-corrected chi connectivity index (χ1v) is 10.3. The van der Waals surface area contributed by atoms with E-state index in [0.717, 1.165) is 6.07 Å². The second-order valence-electron chi connectivity index (χ2n) is 9.28. The number of amides is 2. The van der Waals surface area contributed by atoms with Gasteiger partial charge in [-0.1, -0.05) is 18.2 Å². The number of likely N-dealkylation sites (tertiary alicyclic amines) is 1. The molecule has 4 atom stereocenters. The Bertz CT molecular complexity index is 804. The molecule has 1 saturated carbocycles.